The van der Waals surface area contributed by atoms with Gasteiger partial charge in [-0.1, -0.05) is 350 Å². The quantitative estimate of drug-likeness (QED) is 0.0222. The van der Waals surface area contributed by atoms with Crippen LogP contribution in [0.3, 0.4) is 0 Å². The van der Waals surface area contributed by atoms with Crippen LogP contribution in [0, 0.1) is 11.8 Å². The lowest BCUT2D eigenvalue weighted by Crippen LogP contribution is -2.30. The Morgan fingerprint density at radius 2 is 0.531 bits per heavy atom. The molecular formula is C77H150O17P2. The van der Waals surface area contributed by atoms with Crippen molar-refractivity contribution in [3.05, 3.63) is 0 Å². The average molecular weight is 1410 g/mol. The smallest absolute Gasteiger partial charge is 0.462 e. The first-order valence-electron chi connectivity index (χ1n) is 40.0. The Balaban J connectivity index is 5.23. The van der Waals surface area contributed by atoms with Crippen molar-refractivity contribution in [3.63, 3.8) is 0 Å². The zero-order chi connectivity index (χ0) is 70.7. The molecule has 96 heavy (non-hydrogen) atoms. The molecule has 0 aromatic rings. The molecule has 0 fully saturated rings. The molecule has 0 spiro atoms. The molecule has 570 valence electrons. The summed E-state index contributed by atoms with van der Waals surface area (Å²) in [5.41, 5.74) is 0. The minimum absolute atomic E-state index is 0.106. The van der Waals surface area contributed by atoms with E-state index >= 15 is 0 Å². The highest BCUT2D eigenvalue weighted by molar-refractivity contribution is 7.47. The summed E-state index contributed by atoms with van der Waals surface area (Å²) in [4.78, 5) is 72.8. The molecule has 0 aromatic carbocycles. The Labute approximate surface area is 588 Å². The highest BCUT2D eigenvalue weighted by atomic mass is 31.2. The van der Waals surface area contributed by atoms with Crippen LogP contribution in [0.25, 0.3) is 0 Å². The number of unbranched alkanes of at least 4 members (excludes halogenated alkanes) is 45. The molecule has 0 amide bonds. The molecule has 0 heterocycles. The van der Waals surface area contributed by atoms with Crippen LogP contribution < -0.4 is 0 Å². The fraction of sp³-hybridized carbons (Fsp3) is 0.948. The molecule has 0 saturated carbocycles. The largest absolute Gasteiger partial charge is 0.472 e. The summed E-state index contributed by atoms with van der Waals surface area (Å²) >= 11 is 0. The van der Waals surface area contributed by atoms with Crippen LogP contribution in [0.1, 0.15) is 401 Å². The maximum Gasteiger partial charge on any atom is 0.472 e. The van der Waals surface area contributed by atoms with E-state index in [0.29, 0.717) is 25.7 Å². The number of aliphatic hydroxyl groups excluding tert-OH is 1. The summed E-state index contributed by atoms with van der Waals surface area (Å²) in [6.45, 7) is 9.63. The number of rotatable bonds is 76. The van der Waals surface area contributed by atoms with Gasteiger partial charge in [0, 0.05) is 25.7 Å². The minimum Gasteiger partial charge on any atom is -0.462 e. The Morgan fingerprint density at radius 3 is 0.792 bits per heavy atom. The molecule has 17 nitrogen and oxygen atoms in total. The summed E-state index contributed by atoms with van der Waals surface area (Å²) in [5.74, 6) is -0.529. The predicted molar refractivity (Wildman–Crippen MR) is 391 cm³/mol. The van der Waals surface area contributed by atoms with E-state index in [1.807, 2.05) is 0 Å². The summed E-state index contributed by atoms with van der Waals surface area (Å²) < 4.78 is 68.6. The topological polar surface area (TPSA) is 237 Å². The molecule has 0 bridgehead atoms. The van der Waals surface area contributed by atoms with Crippen molar-refractivity contribution in [1.29, 1.82) is 0 Å². The second-order valence-electron chi connectivity index (χ2n) is 28.5. The number of carbonyl (C=O) groups is 4. The molecule has 0 aliphatic rings. The SMILES string of the molecule is CCCCCCCCCCCCCCCCCCCCC(=O)O[C@H](COC(=O)CCCCCCCCCCCCCCC(C)C)COP(=O)(O)OC[C@@H](O)COP(=O)(O)OC[C@@H](COC(=O)CCCCCCCCCCC)OC(=O)CCCCCCCCCCCCC(C)CC. The van der Waals surface area contributed by atoms with E-state index in [1.165, 1.54) is 218 Å². The molecule has 0 aliphatic heterocycles. The van der Waals surface area contributed by atoms with Gasteiger partial charge in [-0.25, -0.2) is 9.13 Å². The summed E-state index contributed by atoms with van der Waals surface area (Å²) in [7, 11) is -9.91. The Morgan fingerprint density at radius 1 is 0.302 bits per heavy atom. The van der Waals surface area contributed by atoms with Gasteiger partial charge in [-0.05, 0) is 37.5 Å². The lowest BCUT2D eigenvalue weighted by Gasteiger charge is -2.21. The van der Waals surface area contributed by atoms with Crippen molar-refractivity contribution >= 4 is 39.5 Å². The lowest BCUT2D eigenvalue weighted by atomic mass is 9.99. The molecule has 0 aromatic heterocycles. The van der Waals surface area contributed by atoms with Crippen LogP contribution in [0.15, 0.2) is 0 Å². The molecule has 0 saturated heterocycles. The fourth-order valence-electron chi connectivity index (χ4n) is 11.8. The number of hydrogen-bond acceptors (Lipinski definition) is 15. The Bertz CT molecular complexity index is 1860. The predicted octanol–water partition coefficient (Wildman–Crippen LogP) is 22.7. The first kappa shape index (κ1) is 94.1. The summed E-state index contributed by atoms with van der Waals surface area (Å²) in [6, 6.07) is 0. The number of phosphoric ester groups is 2. The van der Waals surface area contributed by atoms with Crippen LogP contribution >= 0.6 is 15.6 Å². The first-order valence-corrected chi connectivity index (χ1v) is 43.0. The zero-order valence-electron chi connectivity index (χ0n) is 62.7. The van der Waals surface area contributed by atoms with Crippen molar-refractivity contribution in [1.82, 2.24) is 0 Å². The summed E-state index contributed by atoms with van der Waals surface area (Å²) in [5, 5.41) is 10.6. The number of aliphatic hydroxyl groups is 1. The molecule has 6 atom stereocenters. The van der Waals surface area contributed by atoms with Crippen molar-refractivity contribution in [2.75, 3.05) is 39.6 Å². The van der Waals surface area contributed by atoms with Gasteiger partial charge in [-0.15, -0.1) is 0 Å². The number of hydrogen-bond donors (Lipinski definition) is 3. The highest BCUT2D eigenvalue weighted by Gasteiger charge is 2.30. The van der Waals surface area contributed by atoms with Crippen molar-refractivity contribution in [3.8, 4) is 0 Å². The number of carbonyl (C=O) groups excluding carboxylic acids is 4. The molecule has 3 unspecified atom stereocenters. The van der Waals surface area contributed by atoms with E-state index in [0.717, 1.165) is 102 Å². The van der Waals surface area contributed by atoms with Gasteiger partial charge in [0.25, 0.3) is 0 Å². The number of esters is 4. The normalized spacial score (nSPS) is 14.3. The molecular weight excluding hydrogens is 1260 g/mol. The van der Waals surface area contributed by atoms with E-state index in [4.69, 9.17) is 37.0 Å². The Kier molecular flexibility index (Phi) is 67.4. The maximum atomic E-state index is 13.1. The van der Waals surface area contributed by atoms with Crippen molar-refractivity contribution < 1.29 is 80.2 Å². The average Bonchev–Trinajstić information content (AvgIpc) is 2.25. The van der Waals surface area contributed by atoms with Gasteiger partial charge < -0.3 is 33.8 Å². The monoisotopic (exact) mass is 1410 g/mol. The third kappa shape index (κ3) is 69.2. The van der Waals surface area contributed by atoms with Gasteiger partial charge in [0.05, 0.1) is 26.4 Å². The van der Waals surface area contributed by atoms with E-state index in [1.54, 1.807) is 0 Å². The third-order valence-electron chi connectivity index (χ3n) is 18.3. The molecule has 0 rings (SSSR count). The van der Waals surface area contributed by atoms with E-state index < -0.39 is 97.5 Å². The molecule has 0 aliphatic carbocycles. The van der Waals surface area contributed by atoms with Crippen molar-refractivity contribution in [2.24, 2.45) is 11.8 Å². The van der Waals surface area contributed by atoms with E-state index in [2.05, 4.69) is 41.5 Å². The second kappa shape index (κ2) is 68.8. The Hall–Kier alpha value is -1.94. The van der Waals surface area contributed by atoms with Crippen LogP contribution in [-0.4, -0.2) is 96.7 Å². The lowest BCUT2D eigenvalue weighted by molar-refractivity contribution is -0.161. The van der Waals surface area contributed by atoms with Crippen molar-refractivity contribution in [2.45, 2.75) is 419 Å². The van der Waals surface area contributed by atoms with Crippen LogP contribution in [-0.2, 0) is 65.4 Å². The zero-order valence-corrected chi connectivity index (χ0v) is 64.5. The van der Waals surface area contributed by atoms with Gasteiger partial charge >= 0.3 is 39.5 Å². The van der Waals surface area contributed by atoms with Crippen LogP contribution in [0.2, 0.25) is 0 Å². The third-order valence-corrected chi connectivity index (χ3v) is 20.2. The fourth-order valence-corrected chi connectivity index (χ4v) is 13.4. The van der Waals surface area contributed by atoms with Gasteiger partial charge in [0.15, 0.2) is 12.2 Å². The standard InChI is InChI=1S/C77H150O17P2/c1-7-10-12-14-16-18-19-20-21-22-23-24-25-30-37-43-49-55-61-76(81)93-73(66-88-75(80)60-54-48-42-36-29-27-26-28-34-39-45-51-57-69(4)5)68-92-96(85,86)90-64-71(78)63-89-95(83,84)91-67-72(65-87-74(79)59-53-47-41-33-17-15-13-11-8-2)94-77(82)62-56-50-44-38-32-31-35-40-46-52-58-70(6)9-3/h69-73,78H,7-68H2,1-6H3,(H,83,84)(H,85,86)/t70?,71-,72+,73+/m0/s1. The number of phosphoric acid groups is 2. The molecule has 19 heteroatoms. The van der Waals surface area contributed by atoms with E-state index in [-0.39, 0.29) is 25.7 Å². The molecule has 3 N–H and O–H groups in total. The minimum atomic E-state index is -4.96. The summed E-state index contributed by atoms with van der Waals surface area (Å²) in [6.07, 6.45) is 56.8. The van der Waals surface area contributed by atoms with E-state index in [9.17, 15) is 43.2 Å². The maximum absolute atomic E-state index is 13.1. The van der Waals surface area contributed by atoms with Gasteiger partial charge in [0.2, 0.25) is 0 Å². The second-order valence-corrected chi connectivity index (χ2v) is 31.4. The van der Waals surface area contributed by atoms with Crippen LogP contribution in [0.5, 0.6) is 0 Å². The number of ether oxygens (including phenoxy) is 4. The van der Waals surface area contributed by atoms with Crippen LogP contribution in [0.4, 0.5) is 0 Å². The molecule has 0 radical (unpaired) electrons. The van der Waals surface area contributed by atoms with Gasteiger partial charge in [0.1, 0.15) is 19.3 Å². The first-order chi connectivity index (χ1) is 46.4. The van der Waals surface area contributed by atoms with Gasteiger partial charge in [-0.2, -0.15) is 0 Å². The highest BCUT2D eigenvalue weighted by Crippen LogP contribution is 2.45. The van der Waals surface area contributed by atoms with Gasteiger partial charge in [-0.3, -0.25) is 37.3 Å².